The van der Waals surface area contributed by atoms with Crippen LogP contribution in [0.4, 0.5) is 0 Å². The molecule has 154 valence electrons. The van der Waals surface area contributed by atoms with Crippen molar-refractivity contribution in [2.24, 2.45) is 0 Å². The number of phenols is 1. The molecule has 0 saturated carbocycles. The second kappa shape index (κ2) is 6.87. The van der Waals surface area contributed by atoms with E-state index in [2.05, 4.69) is 97.0 Å². The normalized spacial score (nSPS) is 12.6. The third-order valence-electron chi connectivity index (χ3n) is 6.21. The van der Waals surface area contributed by atoms with Crippen LogP contribution < -0.4 is 0 Å². The number of benzene rings is 4. The molecule has 1 heteroatoms. The Hall–Kier alpha value is -2.80. The third kappa shape index (κ3) is 3.47. The van der Waals surface area contributed by atoms with Gasteiger partial charge < -0.3 is 5.11 Å². The number of aromatic hydroxyl groups is 1. The molecule has 0 heterocycles. The Balaban J connectivity index is 2.04. The lowest BCUT2D eigenvalue weighted by Gasteiger charge is -2.22. The molecule has 0 amide bonds. The van der Waals surface area contributed by atoms with Gasteiger partial charge in [-0.15, -0.1) is 0 Å². The molecule has 0 unspecified atom stereocenters. The van der Waals surface area contributed by atoms with Crippen LogP contribution in [0, 0.1) is 6.92 Å². The number of aryl methyl sites for hydroxylation is 1. The summed E-state index contributed by atoms with van der Waals surface area (Å²) in [5.41, 5.74) is 6.04. The van der Waals surface area contributed by atoms with Crippen LogP contribution in [0.2, 0.25) is 0 Å². The van der Waals surface area contributed by atoms with Gasteiger partial charge >= 0.3 is 0 Å². The molecule has 0 aliphatic carbocycles. The predicted octanol–water partition coefficient (Wildman–Crippen LogP) is 8.27. The Morgan fingerprint density at radius 1 is 0.567 bits per heavy atom. The van der Waals surface area contributed by atoms with E-state index in [0.717, 1.165) is 21.9 Å². The quantitative estimate of drug-likeness (QED) is 0.343. The molecule has 0 saturated heterocycles. The topological polar surface area (TPSA) is 20.2 Å². The Morgan fingerprint density at radius 3 is 1.53 bits per heavy atom. The SMILES string of the molecule is Cc1ccc2cc(C(C)(C)C)ccc2c1-c1c(O)ccc2cc(C(C)(C)C)ccc12. The zero-order valence-electron chi connectivity index (χ0n) is 19.2. The molecule has 1 N–H and O–H groups in total. The molecular weight excluding hydrogens is 364 g/mol. The highest BCUT2D eigenvalue weighted by Gasteiger charge is 2.19. The van der Waals surface area contributed by atoms with Crippen molar-refractivity contribution in [2.45, 2.75) is 59.3 Å². The van der Waals surface area contributed by atoms with Gasteiger partial charge in [-0.1, -0.05) is 96.1 Å². The first-order chi connectivity index (χ1) is 14.0. The van der Waals surface area contributed by atoms with Gasteiger partial charge in [0, 0.05) is 5.56 Å². The maximum atomic E-state index is 11.0. The van der Waals surface area contributed by atoms with Gasteiger partial charge in [-0.25, -0.2) is 0 Å². The van der Waals surface area contributed by atoms with E-state index in [1.165, 1.54) is 27.5 Å². The van der Waals surface area contributed by atoms with Gasteiger partial charge in [0.1, 0.15) is 5.75 Å². The fourth-order valence-electron chi connectivity index (χ4n) is 4.28. The standard InChI is InChI=1S/C29H32O/c1-18-8-9-19-16-21(28(2,3)4)11-13-23(19)26(18)27-24-14-12-22(29(5,6)7)17-20(24)10-15-25(27)30/h8-17,30H,1-7H3. The zero-order valence-corrected chi connectivity index (χ0v) is 19.2. The van der Waals surface area contributed by atoms with Crippen LogP contribution in [-0.4, -0.2) is 5.11 Å². The summed E-state index contributed by atoms with van der Waals surface area (Å²) in [6.07, 6.45) is 0. The molecule has 0 atom stereocenters. The maximum absolute atomic E-state index is 11.0. The van der Waals surface area contributed by atoms with E-state index < -0.39 is 0 Å². The van der Waals surface area contributed by atoms with Gasteiger partial charge in [-0.05, 0) is 67.6 Å². The van der Waals surface area contributed by atoms with Crippen molar-refractivity contribution < 1.29 is 5.11 Å². The smallest absolute Gasteiger partial charge is 0.124 e. The second-order valence-electron chi connectivity index (χ2n) is 10.6. The highest BCUT2D eigenvalue weighted by Crippen LogP contribution is 2.43. The summed E-state index contributed by atoms with van der Waals surface area (Å²) >= 11 is 0. The van der Waals surface area contributed by atoms with Crippen molar-refractivity contribution in [2.75, 3.05) is 0 Å². The van der Waals surface area contributed by atoms with Crippen LogP contribution in [0.5, 0.6) is 5.75 Å². The molecule has 0 bridgehead atoms. The maximum Gasteiger partial charge on any atom is 0.124 e. The van der Waals surface area contributed by atoms with Gasteiger partial charge in [-0.2, -0.15) is 0 Å². The number of hydrogen-bond donors (Lipinski definition) is 1. The van der Waals surface area contributed by atoms with Crippen molar-refractivity contribution in [3.05, 3.63) is 77.4 Å². The Morgan fingerprint density at radius 2 is 1.03 bits per heavy atom. The van der Waals surface area contributed by atoms with E-state index in [9.17, 15) is 5.11 Å². The summed E-state index contributed by atoms with van der Waals surface area (Å²) in [4.78, 5) is 0. The van der Waals surface area contributed by atoms with Crippen molar-refractivity contribution in [3.63, 3.8) is 0 Å². The summed E-state index contributed by atoms with van der Waals surface area (Å²) in [6, 6.07) is 21.6. The molecule has 4 rings (SSSR count). The van der Waals surface area contributed by atoms with E-state index in [1.807, 2.05) is 12.1 Å². The van der Waals surface area contributed by atoms with Gasteiger partial charge in [0.15, 0.2) is 0 Å². The van der Waals surface area contributed by atoms with Gasteiger partial charge in [0.25, 0.3) is 0 Å². The molecule has 0 aliphatic heterocycles. The van der Waals surface area contributed by atoms with Crippen molar-refractivity contribution in [3.8, 4) is 16.9 Å². The summed E-state index contributed by atoms with van der Waals surface area (Å²) in [7, 11) is 0. The van der Waals surface area contributed by atoms with E-state index in [0.29, 0.717) is 5.75 Å². The lowest BCUT2D eigenvalue weighted by atomic mass is 9.83. The lowest BCUT2D eigenvalue weighted by molar-refractivity contribution is 0.478. The average Bonchev–Trinajstić information content (AvgIpc) is 2.66. The van der Waals surface area contributed by atoms with E-state index in [1.54, 1.807) is 0 Å². The van der Waals surface area contributed by atoms with E-state index in [-0.39, 0.29) is 10.8 Å². The highest BCUT2D eigenvalue weighted by molar-refractivity contribution is 6.08. The van der Waals surface area contributed by atoms with Crippen LogP contribution in [0.15, 0.2) is 60.7 Å². The van der Waals surface area contributed by atoms with Crippen molar-refractivity contribution in [1.29, 1.82) is 0 Å². The molecular formula is C29H32O. The van der Waals surface area contributed by atoms with Crippen LogP contribution in [0.25, 0.3) is 32.7 Å². The summed E-state index contributed by atoms with van der Waals surface area (Å²) in [6.45, 7) is 15.6. The summed E-state index contributed by atoms with van der Waals surface area (Å²) < 4.78 is 0. The fourth-order valence-corrected chi connectivity index (χ4v) is 4.28. The van der Waals surface area contributed by atoms with Crippen molar-refractivity contribution in [1.82, 2.24) is 0 Å². The molecule has 0 aromatic heterocycles. The molecule has 0 aliphatic rings. The number of rotatable bonds is 1. The number of phenolic OH excluding ortho intramolecular Hbond substituents is 1. The van der Waals surface area contributed by atoms with Crippen LogP contribution in [-0.2, 0) is 10.8 Å². The Kier molecular flexibility index (Phi) is 4.69. The average molecular weight is 397 g/mol. The van der Waals surface area contributed by atoms with E-state index >= 15 is 0 Å². The zero-order chi connectivity index (χ0) is 21.8. The van der Waals surface area contributed by atoms with Crippen LogP contribution in [0.1, 0.15) is 58.2 Å². The Labute approximate surface area is 180 Å². The monoisotopic (exact) mass is 396 g/mol. The summed E-state index contributed by atoms with van der Waals surface area (Å²) in [5.74, 6) is 0.335. The minimum absolute atomic E-state index is 0.0883. The van der Waals surface area contributed by atoms with Gasteiger partial charge in [0.05, 0.1) is 0 Å². The second-order valence-corrected chi connectivity index (χ2v) is 10.6. The van der Waals surface area contributed by atoms with Crippen molar-refractivity contribution >= 4 is 21.5 Å². The molecule has 1 nitrogen and oxygen atoms in total. The van der Waals surface area contributed by atoms with Gasteiger partial charge in [0.2, 0.25) is 0 Å². The Bertz CT molecular complexity index is 1160. The molecule has 0 spiro atoms. The summed E-state index contributed by atoms with van der Waals surface area (Å²) in [5, 5.41) is 15.6. The number of fused-ring (bicyclic) bond motifs is 2. The minimum Gasteiger partial charge on any atom is -0.507 e. The first-order valence-corrected chi connectivity index (χ1v) is 10.8. The lowest BCUT2D eigenvalue weighted by Crippen LogP contribution is -2.10. The van der Waals surface area contributed by atoms with Gasteiger partial charge in [-0.3, -0.25) is 0 Å². The first kappa shape index (κ1) is 20.5. The molecule has 0 fully saturated rings. The fraction of sp³-hybridized carbons (Fsp3) is 0.310. The van der Waals surface area contributed by atoms with Crippen LogP contribution >= 0.6 is 0 Å². The number of hydrogen-bond acceptors (Lipinski definition) is 1. The highest BCUT2D eigenvalue weighted by atomic mass is 16.3. The molecule has 4 aromatic rings. The molecule has 30 heavy (non-hydrogen) atoms. The minimum atomic E-state index is 0.0883. The third-order valence-corrected chi connectivity index (χ3v) is 6.21. The van der Waals surface area contributed by atoms with E-state index in [4.69, 9.17) is 0 Å². The molecule has 0 radical (unpaired) electrons. The predicted molar refractivity (Wildman–Crippen MR) is 131 cm³/mol. The largest absolute Gasteiger partial charge is 0.507 e. The molecule has 4 aromatic carbocycles. The van der Waals surface area contributed by atoms with Crippen LogP contribution in [0.3, 0.4) is 0 Å². The first-order valence-electron chi connectivity index (χ1n) is 10.8.